The van der Waals surface area contributed by atoms with Crippen molar-refractivity contribution in [3.05, 3.63) is 0 Å². The molecule has 0 radical (unpaired) electrons. The van der Waals surface area contributed by atoms with Crippen LogP contribution in [0.5, 0.6) is 0 Å². The number of ether oxygens (including phenoxy) is 1. The lowest BCUT2D eigenvalue weighted by Crippen LogP contribution is -2.62. The third kappa shape index (κ3) is 1.59. The average Bonchev–Trinajstić information content (AvgIpc) is 1.95. The van der Waals surface area contributed by atoms with Gasteiger partial charge in [-0.15, -0.1) is 0 Å². The van der Waals surface area contributed by atoms with E-state index in [1.807, 2.05) is 6.92 Å². The summed E-state index contributed by atoms with van der Waals surface area (Å²) in [5.41, 5.74) is -0.963. The molecule has 0 aromatic carbocycles. The molecule has 0 heterocycles. The van der Waals surface area contributed by atoms with E-state index in [-0.39, 0.29) is 6.10 Å². The maximum Gasteiger partial charge on any atom is 0.256 e. The predicted octanol–water partition coefficient (Wildman–Crippen LogP) is 1.41. The van der Waals surface area contributed by atoms with Crippen molar-refractivity contribution in [3.8, 4) is 0 Å². The van der Waals surface area contributed by atoms with Gasteiger partial charge in [0.2, 0.25) is 0 Å². The Balaban J connectivity index is 2.44. The van der Waals surface area contributed by atoms with Crippen molar-refractivity contribution in [2.24, 2.45) is 0 Å². The van der Waals surface area contributed by atoms with Crippen molar-refractivity contribution in [1.29, 1.82) is 0 Å². The van der Waals surface area contributed by atoms with Crippen molar-refractivity contribution in [2.75, 3.05) is 13.7 Å². The van der Waals surface area contributed by atoms with Gasteiger partial charge in [-0.05, 0) is 19.4 Å². The fourth-order valence-corrected chi connectivity index (χ4v) is 1.67. The topological polar surface area (TPSA) is 21.3 Å². The molecule has 2 nitrogen and oxygen atoms in total. The Hall–Kier alpha value is -0.220. The largest absolute Gasteiger partial charge is 0.381 e. The van der Waals surface area contributed by atoms with Gasteiger partial charge in [-0.25, -0.2) is 8.78 Å². The molecule has 1 fully saturated rings. The fraction of sp³-hybridized carbons (Fsp3) is 1.00. The van der Waals surface area contributed by atoms with Gasteiger partial charge < -0.3 is 10.1 Å². The van der Waals surface area contributed by atoms with Crippen LogP contribution in [0.25, 0.3) is 0 Å². The standard InChI is InChI=1S/C8H15F2NO/c1-3-11-8(7(9)10)4-6(5-8)12-2/h6-7,11H,3-5H2,1-2H3. The van der Waals surface area contributed by atoms with E-state index in [0.717, 1.165) is 0 Å². The molecule has 0 amide bonds. The molecular weight excluding hydrogens is 164 g/mol. The molecule has 0 atom stereocenters. The lowest BCUT2D eigenvalue weighted by Gasteiger charge is -2.46. The quantitative estimate of drug-likeness (QED) is 0.704. The average molecular weight is 179 g/mol. The number of alkyl halides is 2. The summed E-state index contributed by atoms with van der Waals surface area (Å²) in [5.74, 6) is 0. The van der Waals surface area contributed by atoms with Gasteiger partial charge in [-0.3, -0.25) is 0 Å². The first-order valence-electron chi connectivity index (χ1n) is 4.20. The van der Waals surface area contributed by atoms with E-state index in [9.17, 15) is 8.78 Å². The molecule has 0 saturated heterocycles. The molecule has 72 valence electrons. The van der Waals surface area contributed by atoms with Crippen molar-refractivity contribution in [2.45, 2.75) is 37.8 Å². The highest BCUT2D eigenvalue weighted by Crippen LogP contribution is 2.38. The van der Waals surface area contributed by atoms with Gasteiger partial charge in [0.1, 0.15) is 0 Å². The molecule has 1 aliphatic carbocycles. The second-order valence-corrected chi connectivity index (χ2v) is 3.25. The van der Waals surface area contributed by atoms with Crippen molar-refractivity contribution in [1.82, 2.24) is 5.32 Å². The first kappa shape index (κ1) is 9.86. The molecule has 12 heavy (non-hydrogen) atoms. The first-order chi connectivity index (χ1) is 5.64. The molecule has 4 heteroatoms. The molecule has 0 aliphatic heterocycles. The lowest BCUT2D eigenvalue weighted by atomic mass is 9.74. The molecule has 0 bridgehead atoms. The molecular formula is C8H15F2NO. The van der Waals surface area contributed by atoms with Crippen molar-refractivity contribution < 1.29 is 13.5 Å². The summed E-state index contributed by atoms with van der Waals surface area (Å²) in [6.07, 6.45) is -1.42. The zero-order chi connectivity index (χ0) is 9.19. The smallest absolute Gasteiger partial charge is 0.256 e. The van der Waals surface area contributed by atoms with Crippen molar-refractivity contribution >= 4 is 0 Å². The van der Waals surface area contributed by atoms with Crippen LogP contribution in [0.1, 0.15) is 19.8 Å². The number of hydrogen-bond acceptors (Lipinski definition) is 2. The van der Waals surface area contributed by atoms with Crippen LogP contribution < -0.4 is 5.32 Å². The van der Waals surface area contributed by atoms with Crippen LogP contribution in [0.15, 0.2) is 0 Å². The highest BCUT2D eigenvalue weighted by atomic mass is 19.3. The Morgan fingerprint density at radius 1 is 1.58 bits per heavy atom. The van der Waals surface area contributed by atoms with E-state index in [4.69, 9.17) is 4.74 Å². The SMILES string of the molecule is CCNC1(C(F)F)CC(OC)C1. The highest BCUT2D eigenvalue weighted by Gasteiger charge is 2.50. The summed E-state index contributed by atoms with van der Waals surface area (Å²) in [7, 11) is 1.56. The Labute approximate surface area is 71.3 Å². The van der Waals surface area contributed by atoms with Gasteiger partial charge in [0, 0.05) is 7.11 Å². The number of methoxy groups -OCH3 is 1. The zero-order valence-corrected chi connectivity index (χ0v) is 7.44. The third-order valence-electron chi connectivity index (χ3n) is 2.46. The summed E-state index contributed by atoms with van der Waals surface area (Å²) < 4.78 is 30.0. The molecule has 0 unspecified atom stereocenters. The lowest BCUT2D eigenvalue weighted by molar-refractivity contribution is -0.0999. The second kappa shape index (κ2) is 3.66. The number of rotatable bonds is 4. The fourth-order valence-electron chi connectivity index (χ4n) is 1.67. The Morgan fingerprint density at radius 2 is 2.17 bits per heavy atom. The summed E-state index contributed by atoms with van der Waals surface area (Å²) >= 11 is 0. The van der Waals surface area contributed by atoms with E-state index in [0.29, 0.717) is 19.4 Å². The molecule has 0 aromatic rings. The van der Waals surface area contributed by atoms with Crippen LogP contribution in [0.4, 0.5) is 8.78 Å². The molecule has 1 N–H and O–H groups in total. The van der Waals surface area contributed by atoms with Gasteiger partial charge in [0.05, 0.1) is 11.6 Å². The maximum absolute atomic E-state index is 12.5. The monoisotopic (exact) mass is 179 g/mol. The van der Waals surface area contributed by atoms with E-state index in [1.54, 1.807) is 7.11 Å². The first-order valence-corrected chi connectivity index (χ1v) is 4.20. The van der Waals surface area contributed by atoms with Crippen LogP contribution in [0.2, 0.25) is 0 Å². The van der Waals surface area contributed by atoms with E-state index in [1.165, 1.54) is 0 Å². The van der Waals surface area contributed by atoms with Crippen LogP contribution >= 0.6 is 0 Å². The Bertz CT molecular complexity index is 146. The van der Waals surface area contributed by atoms with Crippen molar-refractivity contribution in [3.63, 3.8) is 0 Å². The van der Waals surface area contributed by atoms with Gasteiger partial charge in [0.25, 0.3) is 6.43 Å². The molecule has 1 aliphatic rings. The molecule has 1 saturated carbocycles. The van der Waals surface area contributed by atoms with E-state index < -0.39 is 12.0 Å². The summed E-state index contributed by atoms with van der Waals surface area (Å²) in [5, 5.41) is 2.83. The highest BCUT2D eigenvalue weighted by molar-refractivity contribution is 5.03. The summed E-state index contributed by atoms with van der Waals surface area (Å²) in [6, 6.07) is 0. The van der Waals surface area contributed by atoms with Gasteiger partial charge in [0.15, 0.2) is 0 Å². The Kier molecular flexibility index (Phi) is 3.01. The normalized spacial score (nSPS) is 35.2. The van der Waals surface area contributed by atoms with Crippen LogP contribution in [0, 0.1) is 0 Å². The zero-order valence-electron chi connectivity index (χ0n) is 7.44. The minimum absolute atomic E-state index is 0.0121. The van der Waals surface area contributed by atoms with E-state index in [2.05, 4.69) is 5.32 Å². The number of nitrogens with one attached hydrogen (secondary N) is 1. The summed E-state index contributed by atoms with van der Waals surface area (Å²) in [6.45, 7) is 2.42. The maximum atomic E-state index is 12.5. The third-order valence-corrected chi connectivity index (χ3v) is 2.46. The molecule has 1 rings (SSSR count). The van der Waals surface area contributed by atoms with Crippen LogP contribution in [0.3, 0.4) is 0 Å². The molecule has 0 spiro atoms. The van der Waals surface area contributed by atoms with Crippen LogP contribution in [-0.2, 0) is 4.74 Å². The number of hydrogen-bond donors (Lipinski definition) is 1. The predicted molar refractivity (Wildman–Crippen MR) is 42.4 cm³/mol. The Morgan fingerprint density at radius 3 is 2.50 bits per heavy atom. The molecule has 0 aromatic heterocycles. The van der Waals surface area contributed by atoms with Gasteiger partial charge >= 0.3 is 0 Å². The second-order valence-electron chi connectivity index (χ2n) is 3.25. The minimum Gasteiger partial charge on any atom is -0.381 e. The van der Waals surface area contributed by atoms with E-state index >= 15 is 0 Å². The minimum atomic E-state index is -2.29. The number of halogens is 2. The van der Waals surface area contributed by atoms with Crippen LogP contribution in [-0.4, -0.2) is 31.7 Å². The van der Waals surface area contributed by atoms with Gasteiger partial charge in [-0.1, -0.05) is 6.92 Å². The summed E-state index contributed by atoms with van der Waals surface area (Å²) in [4.78, 5) is 0. The van der Waals surface area contributed by atoms with Gasteiger partial charge in [-0.2, -0.15) is 0 Å².